The van der Waals surface area contributed by atoms with Crippen molar-refractivity contribution in [2.24, 2.45) is 0 Å². The molecule has 1 N–H and O–H groups in total. The van der Waals surface area contributed by atoms with Gasteiger partial charge in [0.05, 0.1) is 6.54 Å². The number of rotatable bonds is 5. The average Bonchev–Trinajstić information content (AvgIpc) is 2.53. The van der Waals surface area contributed by atoms with Gasteiger partial charge in [-0.3, -0.25) is 0 Å². The molecule has 0 heterocycles. The van der Waals surface area contributed by atoms with Crippen LogP contribution < -0.4 is 10.1 Å². The minimum absolute atomic E-state index is 0.415. The zero-order valence-corrected chi connectivity index (χ0v) is 17.8. The number of amides is 1. The van der Waals surface area contributed by atoms with Gasteiger partial charge in [0.1, 0.15) is 18.0 Å². The first kappa shape index (κ1) is 25.5. The summed E-state index contributed by atoms with van der Waals surface area (Å²) in [5.74, 6) is 0.918. The third kappa shape index (κ3) is 13.3. The number of benzene rings is 1. The van der Waals surface area contributed by atoms with E-state index in [9.17, 15) is 4.79 Å². The van der Waals surface area contributed by atoms with Crippen LogP contribution in [0.25, 0.3) is 0 Å². The first-order chi connectivity index (χ1) is 11.7. The summed E-state index contributed by atoms with van der Waals surface area (Å²) in [6, 6.07) is 6.11. The van der Waals surface area contributed by atoms with Gasteiger partial charge in [0, 0.05) is 0 Å². The predicted molar refractivity (Wildman–Crippen MR) is 108 cm³/mol. The van der Waals surface area contributed by atoms with Gasteiger partial charge in [0.25, 0.3) is 0 Å². The highest BCUT2D eigenvalue weighted by atomic mass is 16.6. The summed E-state index contributed by atoms with van der Waals surface area (Å²) < 4.78 is 10.9. The molecule has 0 aliphatic heterocycles. The van der Waals surface area contributed by atoms with Gasteiger partial charge >= 0.3 is 6.09 Å². The minimum Gasteiger partial charge on any atom is -0.491 e. The van der Waals surface area contributed by atoms with Crippen molar-refractivity contribution >= 4 is 6.09 Å². The van der Waals surface area contributed by atoms with Crippen molar-refractivity contribution < 1.29 is 14.3 Å². The van der Waals surface area contributed by atoms with E-state index in [0.29, 0.717) is 13.2 Å². The highest BCUT2D eigenvalue weighted by Gasteiger charge is 2.15. The topological polar surface area (TPSA) is 47.6 Å². The second-order valence-corrected chi connectivity index (χ2v) is 6.40. The van der Waals surface area contributed by atoms with Gasteiger partial charge in [-0.2, -0.15) is 0 Å². The van der Waals surface area contributed by atoms with Crippen LogP contribution in [0.2, 0.25) is 0 Å². The standard InChI is InChI=1S/C16H25NO3.C3H8.C2H6/c1-6-13-9-7-8-12(2)14(13)19-11-10-17-15(18)20-16(3,4)5;1-3-2;1-2/h7-9H,6,10-11H2,1-5H3,(H,17,18);3H2,1-2H3;1-2H3. The van der Waals surface area contributed by atoms with Crippen molar-refractivity contribution in [1.29, 1.82) is 0 Å². The van der Waals surface area contributed by atoms with E-state index in [0.717, 1.165) is 17.7 Å². The van der Waals surface area contributed by atoms with E-state index in [2.05, 4.69) is 32.2 Å². The van der Waals surface area contributed by atoms with Crippen LogP contribution in [0.1, 0.15) is 72.9 Å². The van der Waals surface area contributed by atoms with Crippen molar-refractivity contribution in [3.63, 3.8) is 0 Å². The SMILES string of the molecule is CC.CCC.CCc1cccc(C)c1OCCNC(=O)OC(C)(C)C. The van der Waals surface area contributed by atoms with Crippen LogP contribution >= 0.6 is 0 Å². The van der Waals surface area contributed by atoms with E-state index in [1.807, 2.05) is 53.7 Å². The summed E-state index contributed by atoms with van der Waals surface area (Å²) in [4.78, 5) is 11.5. The van der Waals surface area contributed by atoms with E-state index in [4.69, 9.17) is 9.47 Å². The first-order valence-corrected chi connectivity index (χ1v) is 9.43. The molecule has 1 aromatic carbocycles. The molecule has 4 nitrogen and oxygen atoms in total. The van der Waals surface area contributed by atoms with Gasteiger partial charge in [-0.15, -0.1) is 0 Å². The lowest BCUT2D eigenvalue weighted by atomic mass is 10.1. The summed E-state index contributed by atoms with van der Waals surface area (Å²) >= 11 is 0. The van der Waals surface area contributed by atoms with E-state index in [1.54, 1.807) is 0 Å². The van der Waals surface area contributed by atoms with Crippen LogP contribution in [0.5, 0.6) is 5.75 Å². The van der Waals surface area contributed by atoms with Crippen molar-refractivity contribution in [3.8, 4) is 5.75 Å². The van der Waals surface area contributed by atoms with Crippen LogP contribution in [-0.2, 0) is 11.2 Å². The van der Waals surface area contributed by atoms with Gasteiger partial charge in [0.15, 0.2) is 0 Å². The van der Waals surface area contributed by atoms with Crippen LogP contribution in [0.15, 0.2) is 18.2 Å². The maximum Gasteiger partial charge on any atom is 0.407 e. The molecule has 0 saturated carbocycles. The Morgan fingerprint density at radius 1 is 1.12 bits per heavy atom. The molecule has 1 amide bonds. The summed E-state index contributed by atoms with van der Waals surface area (Å²) in [7, 11) is 0. The fourth-order valence-electron chi connectivity index (χ4n) is 1.82. The zero-order chi connectivity index (χ0) is 19.9. The second kappa shape index (κ2) is 14.6. The number of para-hydroxylation sites is 1. The molecule has 0 aliphatic rings. The Morgan fingerprint density at radius 3 is 2.16 bits per heavy atom. The molecule has 0 fully saturated rings. The summed E-state index contributed by atoms with van der Waals surface area (Å²) in [6.45, 7) is 18.7. The zero-order valence-electron chi connectivity index (χ0n) is 17.8. The lowest BCUT2D eigenvalue weighted by Gasteiger charge is -2.20. The molecule has 0 aliphatic carbocycles. The van der Waals surface area contributed by atoms with Crippen LogP contribution in [0.4, 0.5) is 4.79 Å². The van der Waals surface area contributed by atoms with Gasteiger partial charge < -0.3 is 14.8 Å². The van der Waals surface area contributed by atoms with Gasteiger partial charge in [-0.1, -0.05) is 59.2 Å². The number of ether oxygens (including phenoxy) is 2. The predicted octanol–water partition coefficient (Wildman–Crippen LogP) is 5.90. The molecule has 0 bridgehead atoms. The normalized spacial score (nSPS) is 9.80. The molecule has 0 aromatic heterocycles. The summed E-state index contributed by atoms with van der Waals surface area (Å²) in [5, 5.41) is 2.68. The molecule has 0 saturated heterocycles. The lowest BCUT2D eigenvalue weighted by Crippen LogP contribution is -2.34. The number of carbonyl (C=O) groups excluding carboxylic acids is 1. The van der Waals surface area contributed by atoms with Crippen molar-refractivity contribution in [3.05, 3.63) is 29.3 Å². The van der Waals surface area contributed by atoms with Crippen LogP contribution in [0, 0.1) is 6.92 Å². The van der Waals surface area contributed by atoms with E-state index in [1.165, 1.54) is 12.0 Å². The number of hydrogen-bond donors (Lipinski definition) is 1. The Morgan fingerprint density at radius 2 is 1.68 bits per heavy atom. The molecule has 146 valence electrons. The Bertz CT molecular complexity index is 465. The summed E-state index contributed by atoms with van der Waals surface area (Å²) in [5.41, 5.74) is 1.82. The van der Waals surface area contributed by atoms with Crippen LogP contribution in [0.3, 0.4) is 0 Å². The molecule has 25 heavy (non-hydrogen) atoms. The molecule has 0 radical (unpaired) electrons. The maximum atomic E-state index is 11.5. The molecule has 4 heteroatoms. The Hall–Kier alpha value is -1.71. The second-order valence-electron chi connectivity index (χ2n) is 6.40. The number of hydrogen-bond acceptors (Lipinski definition) is 3. The van der Waals surface area contributed by atoms with Gasteiger partial charge in [-0.25, -0.2) is 4.79 Å². The average molecular weight is 354 g/mol. The highest BCUT2D eigenvalue weighted by molar-refractivity contribution is 5.67. The molecular formula is C21H39NO3. The number of nitrogens with one attached hydrogen (secondary N) is 1. The highest BCUT2D eigenvalue weighted by Crippen LogP contribution is 2.23. The van der Waals surface area contributed by atoms with Gasteiger partial charge in [0.2, 0.25) is 0 Å². The molecule has 0 atom stereocenters. The molecular weight excluding hydrogens is 314 g/mol. The number of alkyl carbamates (subject to hydrolysis) is 1. The third-order valence-electron chi connectivity index (χ3n) is 2.69. The third-order valence-corrected chi connectivity index (χ3v) is 2.69. The lowest BCUT2D eigenvalue weighted by molar-refractivity contribution is 0.0520. The Labute approximate surface area is 155 Å². The van der Waals surface area contributed by atoms with E-state index in [-0.39, 0.29) is 0 Å². The van der Waals surface area contributed by atoms with Crippen molar-refractivity contribution in [1.82, 2.24) is 5.32 Å². The fraction of sp³-hybridized carbons (Fsp3) is 0.667. The Balaban J connectivity index is 0. The smallest absolute Gasteiger partial charge is 0.407 e. The quantitative estimate of drug-likeness (QED) is 0.670. The molecule has 0 spiro atoms. The summed E-state index contributed by atoms with van der Waals surface area (Å²) in [6.07, 6.45) is 1.76. The minimum atomic E-state index is -0.476. The molecule has 1 aromatic rings. The van der Waals surface area contributed by atoms with E-state index < -0.39 is 11.7 Å². The largest absolute Gasteiger partial charge is 0.491 e. The molecule has 0 unspecified atom stereocenters. The molecule has 1 rings (SSSR count). The van der Waals surface area contributed by atoms with Gasteiger partial charge in [-0.05, 0) is 45.2 Å². The fourth-order valence-corrected chi connectivity index (χ4v) is 1.82. The Kier molecular flexibility index (Phi) is 14.9. The first-order valence-electron chi connectivity index (χ1n) is 9.43. The number of carbonyl (C=O) groups is 1. The number of aryl methyl sites for hydroxylation is 2. The van der Waals surface area contributed by atoms with Crippen LogP contribution in [-0.4, -0.2) is 24.8 Å². The monoisotopic (exact) mass is 353 g/mol. The van der Waals surface area contributed by atoms with Crippen molar-refractivity contribution in [2.75, 3.05) is 13.2 Å². The van der Waals surface area contributed by atoms with Crippen molar-refractivity contribution in [2.45, 2.75) is 80.8 Å². The maximum absolute atomic E-state index is 11.5. The van der Waals surface area contributed by atoms with E-state index >= 15 is 0 Å².